The molecule has 0 amide bonds. The lowest BCUT2D eigenvalue weighted by Gasteiger charge is -2.19. The van der Waals surface area contributed by atoms with Crippen LogP contribution in [0, 0.1) is 5.82 Å². The lowest BCUT2D eigenvalue weighted by atomic mass is 10.1. The first-order valence-corrected chi connectivity index (χ1v) is 8.76. The standard InChI is InChI=1S/C21H28FN3O/c1-21(2,3)26-15-18-9-5-7-16(11-18)13-24-20(23-4)25-14-17-8-6-10-19(22)12-17/h5-12H,13-15H2,1-4H3,(H2,23,24,25). The number of rotatable bonds is 6. The summed E-state index contributed by atoms with van der Waals surface area (Å²) in [6.45, 7) is 7.89. The molecule has 5 heteroatoms. The van der Waals surface area contributed by atoms with E-state index in [4.69, 9.17) is 4.74 Å². The summed E-state index contributed by atoms with van der Waals surface area (Å²) in [5.74, 6) is 0.437. The first-order valence-electron chi connectivity index (χ1n) is 8.76. The third-order valence-corrected chi connectivity index (χ3v) is 3.70. The van der Waals surface area contributed by atoms with Gasteiger partial charge in [-0.15, -0.1) is 0 Å². The van der Waals surface area contributed by atoms with Crippen molar-refractivity contribution in [2.24, 2.45) is 4.99 Å². The van der Waals surface area contributed by atoms with Crippen molar-refractivity contribution < 1.29 is 9.13 Å². The number of hydrogen-bond acceptors (Lipinski definition) is 2. The van der Waals surface area contributed by atoms with Crippen LogP contribution in [0.1, 0.15) is 37.5 Å². The van der Waals surface area contributed by atoms with Gasteiger partial charge in [0.1, 0.15) is 5.82 Å². The molecule has 0 spiro atoms. The Morgan fingerprint density at radius 3 is 2.12 bits per heavy atom. The molecule has 0 bridgehead atoms. The van der Waals surface area contributed by atoms with E-state index in [1.54, 1.807) is 13.1 Å². The second-order valence-corrected chi connectivity index (χ2v) is 7.13. The predicted octanol–water partition coefficient (Wildman–Crippen LogP) is 4.01. The molecule has 0 saturated heterocycles. The van der Waals surface area contributed by atoms with Gasteiger partial charge >= 0.3 is 0 Å². The van der Waals surface area contributed by atoms with Gasteiger partial charge in [0.15, 0.2) is 5.96 Å². The molecule has 2 rings (SSSR count). The summed E-state index contributed by atoms with van der Waals surface area (Å²) in [5.41, 5.74) is 3.00. The number of hydrogen-bond donors (Lipinski definition) is 2. The Labute approximate surface area is 155 Å². The first-order chi connectivity index (χ1) is 12.4. The van der Waals surface area contributed by atoms with Gasteiger partial charge in [0.25, 0.3) is 0 Å². The van der Waals surface area contributed by atoms with E-state index in [0.717, 1.165) is 16.7 Å². The zero-order chi connectivity index (χ0) is 19.0. The van der Waals surface area contributed by atoms with Crippen LogP contribution >= 0.6 is 0 Å². The number of nitrogens with one attached hydrogen (secondary N) is 2. The van der Waals surface area contributed by atoms with Gasteiger partial charge in [-0.3, -0.25) is 4.99 Å². The maximum absolute atomic E-state index is 13.2. The topological polar surface area (TPSA) is 45.7 Å². The Morgan fingerprint density at radius 2 is 1.54 bits per heavy atom. The van der Waals surface area contributed by atoms with Crippen molar-refractivity contribution in [1.82, 2.24) is 10.6 Å². The zero-order valence-electron chi connectivity index (χ0n) is 16.0. The molecular weight excluding hydrogens is 329 g/mol. The number of nitrogens with zero attached hydrogens (tertiary/aromatic N) is 1. The van der Waals surface area contributed by atoms with Gasteiger partial charge in [-0.05, 0) is 49.6 Å². The van der Waals surface area contributed by atoms with Crippen LogP contribution in [0.25, 0.3) is 0 Å². The molecule has 140 valence electrons. The minimum atomic E-state index is -0.235. The second kappa shape index (κ2) is 9.34. The van der Waals surface area contributed by atoms with Gasteiger partial charge < -0.3 is 15.4 Å². The number of aliphatic imine (C=N–C) groups is 1. The zero-order valence-corrected chi connectivity index (χ0v) is 16.0. The van der Waals surface area contributed by atoms with E-state index in [9.17, 15) is 4.39 Å². The van der Waals surface area contributed by atoms with Crippen LogP contribution in [-0.2, 0) is 24.4 Å². The molecular formula is C21H28FN3O. The van der Waals surface area contributed by atoms with Gasteiger partial charge in [0, 0.05) is 20.1 Å². The normalized spacial score (nSPS) is 12.1. The highest BCUT2D eigenvalue weighted by atomic mass is 19.1. The van der Waals surface area contributed by atoms with E-state index in [-0.39, 0.29) is 11.4 Å². The van der Waals surface area contributed by atoms with Gasteiger partial charge in [-0.2, -0.15) is 0 Å². The van der Waals surface area contributed by atoms with Crippen LogP contribution in [0.4, 0.5) is 4.39 Å². The summed E-state index contributed by atoms with van der Waals surface area (Å²) in [4.78, 5) is 4.21. The minimum Gasteiger partial charge on any atom is -0.371 e. The largest absolute Gasteiger partial charge is 0.371 e. The Kier molecular flexibility index (Phi) is 7.16. The Morgan fingerprint density at radius 1 is 0.962 bits per heavy atom. The van der Waals surface area contributed by atoms with E-state index in [1.165, 1.54) is 12.1 Å². The van der Waals surface area contributed by atoms with E-state index >= 15 is 0 Å². The molecule has 0 unspecified atom stereocenters. The summed E-state index contributed by atoms with van der Waals surface area (Å²) >= 11 is 0. The summed E-state index contributed by atoms with van der Waals surface area (Å²) < 4.78 is 19.1. The molecule has 0 aliphatic carbocycles. The highest BCUT2D eigenvalue weighted by Crippen LogP contribution is 2.13. The predicted molar refractivity (Wildman–Crippen MR) is 104 cm³/mol. The molecule has 0 aliphatic rings. The highest BCUT2D eigenvalue weighted by molar-refractivity contribution is 5.79. The fourth-order valence-electron chi connectivity index (χ4n) is 2.37. The van der Waals surface area contributed by atoms with E-state index in [0.29, 0.717) is 25.7 Å². The Bertz CT molecular complexity index is 738. The lowest BCUT2D eigenvalue weighted by Crippen LogP contribution is -2.36. The molecule has 2 aromatic rings. The quantitative estimate of drug-likeness (QED) is 0.607. The fraction of sp³-hybridized carbons (Fsp3) is 0.381. The van der Waals surface area contributed by atoms with Crippen molar-refractivity contribution in [2.75, 3.05) is 7.05 Å². The molecule has 0 radical (unpaired) electrons. The average molecular weight is 357 g/mol. The Balaban J connectivity index is 1.86. The summed E-state index contributed by atoms with van der Waals surface area (Å²) in [7, 11) is 1.72. The molecule has 2 aromatic carbocycles. The van der Waals surface area contributed by atoms with Gasteiger partial charge in [0.2, 0.25) is 0 Å². The third kappa shape index (κ3) is 7.23. The molecule has 0 saturated carbocycles. The van der Waals surface area contributed by atoms with Gasteiger partial charge in [0.05, 0.1) is 12.2 Å². The van der Waals surface area contributed by atoms with Crippen molar-refractivity contribution in [3.05, 3.63) is 71.0 Å². The SMILES string of the molecule is CN=C(NCc1cccc(F)c1)NCc1cccc(COC(C)(C)C)c1. The maximum atomic E-state index is 13.2. The van der Waals surface area contributed by atoms with Crippen LogP contribution in [0.15, 0.2) is 53.5 Å². The summed E-state index contributed by atoms with van der Waals surface area (Å²) in [5, 5.41) is 6.46. The van der Waals surface area contributed by atoms with Crippen molar-refractivity contribution in [3.8, 4) is 0 Å². The number of ether oxygens (including phenoxy) is 1. The van der Waals surface area contributed by atoms with E-state index in [1.807, 2.05) is 32.9 Å². The molecule has 0 aliphatic heterocycles. The second-order valence-electron chi connectivity index (χ2n) is 7.13. The summed E-state index contributed by atoms with van der Waals surface area (Å²) in [6, 6.07) is 14.8. The van der Waals surface area contributed by atoms with Crippen LogP contribution < -0.4 is 10.6 Å². The van der Waals surface area contributed by atoms with E-state index < -0.39 is 0 Å². The van der Waals surface area contributed by atoms with Gasteiger partial charge in [-0.1, -0.05) is 36.4 Å². The van der Waals surface area contributed by atoms with Crippen LogP contribution in [0.5, 0.6) is 0 Å². The molecule has 0 aromatic heterocycles. The molecule has 0 atom stereocenters. The van der Waals surface area contributed by atoms with Crippen molar-refractivity contribution in [2.45, 2.75) is 46.1 Å². The first kappa shape index (κ1) is 19.9. The van der Waals surface area contributed by atoms with E-state index in [2.05, 4.69) is 33.8 Å². The van der Waals surface area contributed by atoms with Crippen LogP contribution in [-0.4, -0.2) is 18.6 Å². The van der Waals surface area contributed by atoms with Crippen LogP contribution in [0.3, 0.4) is 0 Å². The fourth-order valence-corrected chi connectivity index (χ4v) is 2.37. The smallest absolute Gasteiger partial charge is 0.191 e. The van der Waals surface area contributed by atoms with Gasteiger partial charge in [-0.25, -0.2) is 4.39 Å². The molecule has 0 fully saturated rings. The molecule has 4 nitrogen and oxygen atoms in total. The minimum absolute atomic E-state index is 0.156. The maximum Gasteiger partial charge on any atom is 0.191 e. The number of guanidine groups is 1. The highest BCUT2D eigenvalue weighted by Gasteiger charge is 2.10. The van der Waals surface area contributed by atoms with Crippen LogP contribution in [0.2, 0.25) is 0 Å². The monoisotopic (exact) mass is 357 g/mol. The third-order valence-electron chi connectivity index (χ3n) is 3.70. The van der Waals surface area contributed by atoms with Crippen molar-refractivity contribution >= 4 is 5.96 Å². The van der Waals surface area contributed by atoms with Crippen molar-refractivity contribution in [1.29, 1.82) is 0 Å². The number of halogens is 1. The molecule has 2 N–H and O–H groups in total. The number of benzene rings is 2. The average Bonchev–Trinajstić information content (AvgIpc) is 2.60. The lowest BCUT2D eigenvalue weighted by molar-refractivity contribution is -0.0149. The molecule has 0 heterocycles. The van der Waals surface area contributed by atoms with Crippen molar-refractivity contribution in [3.63, 3.8) is 0 Å². The molecule has 26 heavy (non-hydrogen) atoms. The summed E-state index contributed by atoms with van der Waals surface area (Å²) in [6.07, 6.45) is 0. The Hall–Kier alpha value is -2.40.